The Balaban J connectivity index is 2.07. The van der Waals surface area contributed by atoms with Gasteiger partial charge in [0, 0.05) is 29.2 Å². The molecule has 0 radical (unpaired) electrons. The molecule has 3 aromatic rings. The fraction of sp³-hybridized carbons (Fsp3) is 0.294. The number of aromatic nitrogens is 3. The zero-order chi connectivity index (χ0) is 15.5. The van der Waals surface area contributed by atoms with E-state index in [0.717, 1.165) is 35.0 Å². The van der Waals surface area contributed by atoms with Crippen LogP contribution in [0.5, 0.6) is 0 Å². The topological polar surface area (TPSA) is 59.9 Å². The van der Waals surface area contributed by atoms with Crippen molar-refractivity contribution in [2.24, 2.45) is 0 Å². The fourth-order valence-electron chi connectivity index (χ4n) is 2.58. The summed E-state index contributed by atoms with van der Waals surface area (Å²) in [7, 11) is 1.39. The van der Waals surface area contributed by atoms with Crippen LogP contribution in [0.2, 0.25) is 0 Å². The highest BCUT2D eigenvalue weighted by Crippen LogP contribution is 2.28. The normalized spacial score (nSPS) is 11.0. The van der Waals surface area contributed by atoms with Gasteiger partial charge in [0.15, 0.2) is 0 Å². The van der Waals surface area contributed by atoms with Crippen LogP contribution in [0.1, 0.15) is 30.3 Å². The second kappa shape index (κ2) is 6.05. The Hall–Kier alpha value is -2.56. The molecule has 0 aliphatic heterocycles. The van der Waals surface area contributed by atoms with Crippen LogP contribution in [0, 0.1) is 0 Å². The number of methoxy groups -OCH3 is 1. The largest absolute Gasteiger partial charge is 0.464 e. The van der Waals surface area contributed by atoms with Crippen LogP contribution in [-0.4, -0.2) is 27.8 Å². The van der Waals surface area contributed by atoms with Gasteiger partial charge in [-0.2, -0.15) is 5.10 Å². The molecular formula is C17H19N3O2. The molecule has 5 heteroatoms. The first-order valence-electron chi connectivity index (χ1n) is 7.47. The van der Waals surface area contributed by atoms with E-state index in [1.54, 1.807) is 10.7 Å². The van der Waals surface area contributed by atoms with Gasteiger partial charge in [0.05, 0.1) is 12.8 Å². The number of carbonyl (C=O) groups excluding carboxylic acids is 1. The maximum absolute atomic E-state index is 12.0. The van der Waals surface area contributed by atoms with Gasteiger partial charge in [0.2, 0.25) is 0 Å². The number of H-pyrrole nitrogens is 1. The SMILES string of the molecule is CCCCn1nc(-c2c[nH]c3ccccc23)cc1C(=O)OC. The zero-order valence-electron chi connectivity index (χ0n) is 12.8. The summed E-state index contributed by atoms with van der Waals surface area (Å²) in [5.41, 5.74) is 3.33. The molecule has 0 saturated heterocycles. The summed E-state index contributed by atoms with van der Waals surface area (Å²) in [6.45, 7) is 2.82. The molecule has 0 saturated carbocycles. The van der Waals surface area contributed by atoms with E-state index in [9.17, 15) is 4.79 Å². The van der Waals surface area contributed by atoms with E-state index in [0.29, 0.717) is 12.2 Å². The van der Waals surface area contributed by atoms with Gasteiger partial charge < -0.3 is 9.72 Å². The van der Waals surface area contributed by atoms with Crippen molar-refractivity contribution < 1.29 is 9.53 Å². The predicted octanol–water partition coefficient (Wildman–Crippen LogP) is 3.62. The van der Waals surface area contributed by atoms with Crippen LogP contribution < -0.4 is 0 Å². The van der Waals surface area contributed by atoms with Crippen molar-refractivity contribution in [3.05, 3.63) is 42.2 Å². The standard InChI is InChI=1S/C17H19N3O2/c1-3-4-9-20-16(17(21)22-2)10-15(19-20)13-11-18-14-8-6-5-7-12(13)14/h5-8,10-11,18H,3-4,9H2,1-2H3. The van der Waals surface area contributed by atoms with Crippen LogP contribution in [0.15, 0.2) is 36.5 Å². The van der Waals surface area contributed by atoms with E-state index in [4.69, 9.17) is 4.74 Å². The lowest BCUT2D eigenvalue weighted by atomic mass is 10.1. The molecule has 22 heavy (non-hydrogen) atoms. The zero-order valence-corrected chi connectivity index (χ0v) is 12.8. The minimum Gasteiger partial charge on any atom is -0.464 e. The maximum Gasteiger partial charge on any atom is 0.356 e. The van der Waals surface area contributed by atoms with Crippen molar-refractivity contribution in [2.45, 2.75) is 26.3 Å². The van der Waals surface area contributed by atoms with Crippen molar-refractivity contribution in [1.29, 1.82) is 0 Å². The molecule has 1 N–H and O–H groups in total. The van der Waals surface area contributed by atoms with Gasteiger partial charge in [0.1, 0.15) is 5.69 Å². The van der Waals surface area contributed by atoms with Crippen molar-refractivity contribution in [3.8, 4) is 11.3 Å². The molecule has 3 rings (SSSR count). The van der Waals surface area contributed by atoms with Crippen LogP contribution in [0.4, 0.5) is 0 Å². The molecule has 2 aromatic heterocycles. The number of unbranched alkanes of at least 4 members (excludes halogenated alkanes) is 1. The number of fused-ring (bicyclic) bond motifs is 1. The summed E-state index contributed by atoms with van der Waals surface area (Å²) in [6.07, 6.45) is 3.94. The summed E-state index contributed by atoms with van der Waals surface area (Å²) in [5.74, 6) is -0.352. The fourth-order valence-corrected chi connectivity index (χ4v) is 2.58. The number of para-hydroxylation sites is 1. The number of nitrogens with one attached hydrogen (secondary N) is 1. The third kappa shape index (κ3) is 2.50. The van der Waals surface area contributed by atoms with Crippen molar-refractivity contribution in [1.82, 2.24) is 14.8 Å². The molecule has 114 valence electrons. The minimum atomic E-state index is -0.352. The summed E-state index contributed by atoms with van der Waals surface area (Å²) >= 11 is 0. The summed E-state index contributed by atoms with van der Waals surface area (Å²) in [5, 5.41) is 5.70. The first kappa shape index (κ1) is 14.4. The van der Waals surface area contributed by atoms with Crippen LogP contribution in [0.3, 0.4) is 0 Å². The van der Waals surface area contributed by atoms with Gasteiger partial charge in [-0.25, -0.2) is 4.79 Å². The molecule has 1 aromatic carbocycles. The van der Waals surface area contributed by atoms with Gasteiger partial charge >= 0.3 is 5.97 Å². The number of esters is 1. The third-order valence-corrected chi connectivity index (χ3v) is 3.76. The number of hydrogen-bond acceptors (Lipinski definition) is 3. The molecule has 0 amide bonds. The maximum atomic E-state index is 12.0. The molecule has 0 atom stereocenters. The highest BCUT2D eigenvalue weighted by molar-refractivity contribution is 5.96. The van der Waals surface area contributed by atoms with Gasteiger partial charge in [-0.3, -0.25) is 4.68 Å². The Labute approximate surface area is 128 Å². The summed E-state index contributed by atoms with van der Waals surface area (Å²) < 4.78 is 6.61. The lowest BCUT2D eigenvalue weighted by molar-refractivity contribution is 0.0586. The van der Waals surface area contributed by atoms with E-state index in [1.807, 2.05) is 30.5 Å². The number of rotatable bonds is 5. The van der Waals surface area contributed by atoms with Gasteiger partial charge in [-0.1, -0.05) is 31.5 Å². The molecule has 0 aliphatic rings. The number of ether oxygens (including phenoxy) is 1. The van der Waals surface area contributed by atoms with E-state index < -0.39 is 0 Å². The molecular weight excluding hydrogens is 278 g/mol. The lowest BCUT2D eigenvalue weighted by Crippen LogP contribution is -2.11. The Morgan fingerprint density at radius 3 is 2.95 bits per heavy atom. The third-order valence-electron chi connectivity index (χ3n) is 3.76. The Morgan fingerprint density at radius 2 is 2.18 bits per heavy atom. The summed E-state index contributed by atoms with van der Waals surface area (Å²) in [4.78, 5) is 15.2. The van der Waals surface area contributed by atoms with Crippen LogP contribution in [-0.2, 0) is 11.3 Å². The highest BCUT2D eigenvalue weighted by atomic mass is 16.5. The number of aromatic amines is 1. The van der Waals surface area contributed by atoms with Gasteiger partial charge in [-0.05, 0) is 18.6 Å². The Morgan fingerprint density at radius 1 is 1.36 bits per heavy atom. The molecule has 2 heterocycles. The van der Waals surface area contributed by atoms with Crippen LogP contribution in [0.25, 0.3) is 22.2 Å². The summed E-state index contributed by atoms with van der Waals surface area (Å²) in [6, 6.07) is 9.85. The quantitative estimate of drug-likeness (QED) is 0.732. The Kier molecular flexibility index (Phi) is 3.96. The first-order valence-corrected chi connectivity index (χ1v) is 7.47. The van der Waals surface area contributed by atoms with E-state index in [-0.39, 0.29) is 5.97 Å². The number of aryl methyl sites for hydroxylation is 1. The number of carbonyl (C=O) groups is 1. The second-order valence-corrected chi connectivity index (χ2v) is 5.23. The monoisotopic (exact) mass is 297 g/mol. The number of hydrogen-bond donors (Lipinski definition) is 1. The Bertz CT molecular complexity index is 801. The van der Waals surface area contributed by atoms with Crippen molar-refractivity contribution in [2.75, 3.05) is 7.11 Å². The van der Waals surface area contributed by atoms with E-state index in [2.05, 4.69) is 17.0 Å². The molecule has 0 fully saturated rings. The average molecular weight is 297 g/mol. The van der Waals surface area contributed by atoms with Gasteiger partial charge in [-0.15, -0.1) is 0 Å². The van der Waals surface area contributed by atoms with Gasteiger partial charge in [0.25, 0.3) is 0 Å². The molecule has 0 bridgehead atoms. The number of benzene rings is 1. The van der Waals surface area contributed by atoms with Crippen LogP contribution >= 0.6 is 0 Å². The molecule has 0 unspecified atom stereocenters. The molecule has 0 aliphatic carbocycles. The van der Waals surface area contributed by atoms with E-state index in [1.165, 1.54) is 7.11 Å². The van der Waals surface area contributed by atoms with Crippen molar-refractivity contribution >= 4 is 16.9 Å². The molecule has 0 spiro atoms. The van der Waals surface area contributed by atoms with E-state index >= 15 is 0 Å². The second-order valence-electron chi connectivity index (χ2n) is 5.23. The highest BCUT2D eigenvalue weighted by Gasteiger charge is 2.18. The average Bonchev–Trinajstić information content (AvgIpc) is 3.15. The van der Waals surface area contributed by atoms with Crippen molar-refractivity contribution in [3.63, 3.8) is 0 Å². The minimum absolute atomic E-state index is 0.352. The molecule has 5 nitrogen and oxygen atoms in total. The smallest absolute Gasteiger partial charge is 0.356 e. The lowest BCUT2D eigenvalue weighted by Gasteiger charge is -2.04. The number of nitrogens with zero attached hydrogens (tertiary/aromatic N) is 2. The first-order chi connectivity index (χ1) is 10.7. The predicted molar refractivity (Wildman–Crippen MR) is 85.8 cm³/mol.